The minimum atomic E-state index is -1.01. The fourth-order valence-corrected chi connectivity index (χ4v) is 8.64. The maximum absolute atomic E-state index is 14.1. The van der Waals surface area contributed by atoms with Gasteiger partial charge in [-0.25, -0.2) is 14.6 Å². The smallest absolute Gasteiger partial charge is 0.408 e. The molecule has 0 spiro atoms. The first-order valence-corrected chi connectivity index (χ1v) is 22.2. The van der Waals surface area contributed by atoms with Crippen LogP contribution in [-0.4, -0.2) is 86.0 Å². The number of fused-ring (bicyclic) bond motifs is 1. The third-order valence-corrected chi connectivity index (χ3v) is 11.7. The number of benzene rings is 4. The molecule has 4 atom stereocenters. The van der Waals surface area contributed by atoms with Crippen molar-refractivity contribution in [2.24, 2.45) is 0 Å². The summed E-state index contributed by atoms with van der Waals surface area (Å²) in [5.41, 5.74) is 6.27. The van der Waals surface area contributed by atoms with Crippen molar-refractivity contribution < 1.29 is 33.4 Å². The molecule has 15 nitrogen and oxygen atoms in total. The van der Waals surface area contributed by atoms with Crippen molar-refractivity contribution in [3.8, 4) is 22.6 Å². The average molecular weight is 879 g/mol. The molecule has 15 heteroatoms. The van der Waals surface area contributed by atoms with Gasteiger partial charge in [0.15, 0.2) is 0 Å². The van der Waals surface area contributed by atoms with Gasteiger partial charge in [-0.05, 0) is 94.3 Å². The van der Waals surface area contributed by atoms with E-state index < -0.39 is 30.3 Å². The van der Waals surface area contributed by atoms with Crippen LogP contribution in [-0.2, 0) is 23.9 Å². The number of alkyl carbamates (subject to hydrolysis) is 2. The highest BCUT2D eigenvalue weighted by molar-refractivity contribution is 6.00. The first kappa shape index (κ1) is 44.2. The van der Waals surface area contributed by atoms with E-state index in [0.29, 0.717) is 48.6 Å². The van der Waals surface area contributed by atoms with Crippen molar-refractivity contribution in [1.82, 2.24) is 35.4 Å². The molecule has 0 saturated carbocycles. The number of H-pyrrole nitrogens is 2. The number of hydrogen-bond donors (Lipinski definition) is 5. The van der Waals surface area contributed by atoms with Crippen LogP contribution in [0, 0.1) is 0 Å². The Balaban J connectivity index is 0.926. The lowest BCUT2D eigenvalue weighted by Crippen LogP contribution is -2.48. The van der Waals surface area contributed by atoms with Crippen molar-refractivity contribution in [2.45, 2.75) is 89.8 Å². The minimum Gasteiger partial charge on any atom is -0.447 e. The van der Waals surface area contributed by atoms with Gasteiger partial charge in [-0.1, -0.05) is 84.9 Å². The van der Waals surface area contributed by atoms with Crippen molar-refractivity contribution in [2.75, 3.05) is 18.4 Å². The number of imidazole rings is 1. The van der Waals surface area contributed by atoms with E-state index in [4.69, 9.17) is 14.5 Å². The molecule has 0 bridgehead atoms. The molecule has 0 aliphatic carbocycles. The molecule has 4 aromatic carbocycles. The van der Waals surface area contributed by atoms with Gasteiger partial charge in [0.2, 0.25) is 11.8 Å². The lowest BCUT2D eigenvalue weighted by molar-refractivity contribution is -0.138. The molecule has 8 rings (SSSR count). The molecular formula is C50H54N8O7. The SMILES string of the molecule is CC(C)OC(=O)N[C@@H](C(=O)N1CCC[C@H]1C(=O)Nc1ccc2[nH]c(-c3ccc(-c4ncc([C@@H]5CCCN5C(=O)[C@H](NC(=O)OC(C)C)c5ccccc5)[nH]4)cc3)cc2c1)c1ccccc1. The van der Waals surface area contributed by atoms with Gasteiger partial charge in [-0.2, -0.15) is 0 Å². The number of likely N-dealkylation sites (tertiary alicyclic amines) is 2. The standard InChI is InChI=1S/C50H54N8O7/c1-30(2)64-49(62)55-43(33-13-7-5-8-14-33)47(60)57-25-11-17-41(57)40-29-51-45(54-40)35-21-19-32(20-22-35)39-28-36-27-37(23-24-38(36)53-39)52-46(59)42-18-12-26-58(42)48(61)44(34-15-9-6-10-16-34)56-50(63)65-31(3)4/h5-10,13-16,19-24,27-31,41-44,53H,11-12,17-18,25-26H2,1-4H3,(H,51,54)(H,52,59)(H,55,62)(H,56,63)/t41-,42-,43+,44+/m0/s1. The van der Waals surface area contributed by atoms with Crippen LogP contribution >= 0.6 is 0 Å². The molecule has 2 fully saturated rings. The largest absolute Gasteiger partial charge is 0.447 e. The maximum atomic E-state index is 14.1. The third-order valence-electron chi connectivity index (χ3n) is 11.7. The second kappa shape index (κ2) is 19.5. The number of carbonyl (C=O) groups is 5. The Morgan fingerprint density at radius 3 is 1.85 bits per heavy atom. The van der Waals surface area contributed by atoms with Crippen molar-refractivity contribution >= 4 is 46.5 Å². The molecule has 2 aromatic heterocycles. The predicted octanol–water partition coefficient (Wildman–Crippen LogP) is 8.57. The van der Waals surface area contributed by atoms with Gasteiger partial charge in [0.1, 0.15) is 23.9 Å². The van der Waals surface area contributed by atoms with Gasteiger partial charge < -0.3 is 45.2 Å². The van der Waals surface area contributed by atoms with E-state index >= 15 is 0 Å². The predicted molar refractivity (Wildman–Crippen MR) is 246 cm³/mol. The van der Waals surface area contributed by atoms with Gasteiger partial charge in [0.25, 0.3) is 5.91 Å². The molecule has 2 aliphatic heterocycles. The van der Waals surface area contributed by atoms with Gasteiger partial charge in [0, 0.05) is 40.9 Å². The van der Waals surface area contributed by atoms with Crippen molar-refractivity contribution in [3.05, 3.63) is 132 Å². The van der Waals surface area contributed by atoms with Crippen molar-refractivity contribution in [1.29, 1.82) is 0 Å². The highest BCUT2D eigenvalue weighted by Gasteiger charge is 2.39. The molecule has 0 unspecified atom stereocenters. The van der Waals surface area contributed by atoms with E-state index in [0.717, 1.165) is 46.3 Å². The number of aromatic amines is 2. The molecule has 2 aliphatic rings. The molecule has 0 radical (unpaired) electrons. The topological polar surface area (TPSA) is 191 Å². The number of nitrogens with one attached hydrogen (secondary N) is 5. The molecule has 336 valence electrons. The number of aromatic nitrogens is 3. The zero-order valence-electron chi connectivity index (χ0n) is 36.9. The van der Waals surface area contributed by atoms with E-state index in [-0.39, 0.29) is 36.0 Å². The van der Waals surface area contributed by atoms with E-state index in [9.17, 15) is 24.0 Å². The Morgan fingerprint density at radius 1 is 0.662 bits per heavy atom. The first-order valence-electron chi connectivity index (χ1n) is 22.2. The summed E-state index contributed by atoms with van der Waals surface area (Å²) in [5.74, 6) is -0.221. The van der Waals surface area contributed by atoms with E-state index in [2.05, 4.69) is 25.9 Å². The Bertz CT molecular complexity index is 2640. The van der Waals surface area contributed by atoms with Gasteiger partial charge in [-0.3, -0.25) is 14.4 Å². The lowest BCUT2D eigenvalue weighted by Gasteiger charge is -2.29. The molecule has 65 heavy (non-hydrogen) atoms. The fraction of sp³-hybridized carbons (Fsp3) is 0.320. The summed E-state index contributed by atoms with van der Waals surface area (Å²) >= 11 is 0. The summed E-state index contributed by atoms with van der Waals surface area (Å²) in [5, 5.41) is 9.42. The van der Waals surface area contributed by atoms with E-state index in [1.165, 1.54) is 0 Å². The van der Waals surface area contributed by atoms with Crippen LogP contribution in [0.2, 0.25) is 0 Å². The Labute approximate surface area is 377 Å². The van der Waals surface area contributed by atoms with Crippen LogP contribution in [0.15, 0.2) is 115 Å². The fourth-order valence-electron chi connectivity index (χ4n) is 8.64. The third kappa shape index (κ3) is 10.2. The lowest BCUT2D eigenvalue weighted by atomic mass is 10.0. The highest BCUT2D eigenvalue weighted by atomic mass is 16.6. The Kier molecular flexibility index (Phi) is 13.3. The monoisotopic (exact) mass is 878 g/mol. The molecular weight excluding hydrogens is 825 g/mol. The van der Waals surface area contributed by atoms with Gasteiger partial charge in [-0.15, -0.1) is 0 Å². The van der Waals surface area contributed by atoms with Crippen LogP contribution in [0.5, 0.6) is 0 Å². The molecule has 2 saturated heterocycles. The first-order chi connectivity index (χ1) is 31.4. The van der Waals surface area contributed by atoms with Crippen LogP contribution in [0.4, 0.5) is 15.3 Å². The Hall–Kier alpha value is -7.42. The Morgan fingerprint density at radius 2 is 1.23 bits per heavy atom. The second-order valence-electron chi connectivity index (χ2n) is 17.0. The average Bonchev–Trinajstić information content (AvgIpc) is 4.14. The number of nitrogens with zero attached hydrogens (tertiary/aromatic N) is 3. The number of anilines is 1. The molecule has 5 N–H and O–H groups in total. The van der Waals surface area contributed by atoms with Gasteiger partial charge >= 0.3 is 12.2 Å². The molecule has 6 aromatic rings. The normalized spacial score (nSPS) is 17.0. The zero-order valence-corrected chi connectivity index (χ0v) is 36.9. The minimum absolute atomic E-state index is 0.214. The summed E-state index contributed by atoms with van der Waals surface area (Å²) < 4.78 is 10.6. The van der Waals surface area contributed by atoms with Crippen LogP contribution in [0.1, 0.15) is 88.3 Å². The summed E-state index contributed by atoms with van der Waals surface area (Å²) in [4.78, 5) is 82.1. The summed E-state index contributed by atoms with van der Waals surface area (Å²) in [6, 6.07) is 30.9. The number of ether oxygens (including phenoxy) is 2. The summed E-state index contributed by atoms with van der Waals surface area (Å²) in [6.45, 7) is 7.92. The zero-order chi connectivity index (χ0) is 45.6. The molecule has 4 heterocycles. The number of carbonyl (C=O) groups excluding carboxylic acids is 5. The summed E-state index contributed by atoms with van der Waals surface area (Å²) in [6.07, 6.45) is 2.42. The summed E-state index contributed by atoms with van der Waals surface area (Å²) in [7, 11) is 0. The second-order valence-corrected chi connectivity index (χ2v) is 17.0. The maximum Gasteiger partial charge on any atom is 0.408 e. The quantitative estimate of drug-likeness (QED) is 0.0762. The van der Waals surface area contributed by atoms with E-state index in [1.807, 2.05) is 84.9 Å². The van der Waals surface area contributed by atoms with Crippen molar-refractivity contribution in [3.63, 3.8) is 0 Å². The van der Waals surface area contributed by atoms with Crippen LogP contribution in [0.25, 0.3) is 33.5 Å². The van der Waals surface area contributed by atoms with Crippen LogP contribution < -0.4 is 16.0 Å². The molecule has 5 amide bonds. The van der Waals surface area contributed by atoms with E-state index in [1.54, 1.807) is 68.0 Å². The van der Waals surface area contributed by atoms with Gasteiger partial charge in [0.05, 0.1) is 30.1 Å². The number of amides is 5. The number of hydrogen-bond acceptors (Lipinski definition) is 8. The van der Waals surface area contributed by atoms with Crippen LogP contribution in [0.3, 0.4) is 0 Å². The number of rotatable bonds is 13. The highest BCUT2D eigenvalue weighted by Crippen LogP contribution is 2.35.